The van der Waals surface area contributed by atoms with Gasteiger partial charge in [0.2, 0.25) is 10.0 Å². The SMILES string of the molecule is CC(C)NS(=O)(=O)c1cccc(C(=O)N2CCN(CCc3ccccc3)CC2)c1. The largest absolute Gasteiger partial charge is 0.336 e. The summed E-state index contributed by atoms with van der Waals surface area (Å²) < 4.78 is 27.3. The number of nitrogens with one attached hydrogen (secondary N) is 1. The Morgan fingerprint density at radius 1 is 1.00 bits per heavy atom. The monoisotopic (exact) mass is 415 g/mol. The summed E-state index contributed by atoms with van der Waals surface area (Å²) in [7, 11) is -3.62. The van der Waals surface area contributed by atoms with Crippen molar-refractivity contribution in [3.8, 4) is 0 Å². The Hall–Kier alpha value is -2.22. The third-order valence-electron chi connectivity index (χ3n) is 5.00. The molecular weight excluding hydrogens is 386 g/mol. The summed E-state index contributed by atoms with van der Waals surface area (Å²) in [5.74, 6) is -0.116. The molecule has 1 amide bonds. The maximum Gasteiger partial charge on any atom is 0.253 e. The highest BCUT2D eigenvalue weighted by molar-refractivity contribution is 7.89. The Balaban J connectivity index is 1.57. The number of sulfonamides is 1. The number of nitrogens with zero attached hydrogens (tertiary/aromatic N) is 2. The highest BCUT2D eigenvalue weighted by atomic mass is 32.2. The van der Waals surface area contributed by atoms with Gasteiger partial charge in [-0.05, 0) is 44.0 Å². The van der Waals surface area contributed by atoms with Gasteiger partial charge in [0.15, 0.2) is 0 Å². The molecule has 1 fully saturated rings. The van der Waals surface area contributed by atoms with Crippen molar-refractivity contribution in [3.63, 3.8) is 0 Å². The molecule has 1 aliphatic heterocycles. The summed E-state index contributed by atoms with van der Waals surface area (Å²) >= 11 is 0. The molecule has 0 bridgehead atoms. The quantitative estimate of drug-likeness (QED) is 0.754. The second kappa shape index (κ2) is 9.52. The van der Waals surface area contributed by atoms with Gasteiger partial charge in [0, 0.05) is 44.3 Å². The van der Waals surface area contributed by atoms with E-state index in [1.807, 2.05) is 6.07 Å². The first-order valence-corrected chi connectivity index (χ1v) is 11.5. The fourth-order valence-corrected chi connectivity index (χ4v) is 4.76. The van der Waals surface area contributed by atoms with Crippen LogP contribution in [0.15, 0.2) is 59.5 Å². The molecule has 0 atom stereocenters. The first kappa shape index (κ1) is 21.5. The van der Waals surface area contributed by atoms with Crippen LogP contribution in [0.25, 0.3) is 0 Å². The third-order valence-corrected chi connectivity index (χ3v) is 6.66. The van der Waals surface area contributed by atoms with Gasteiger partial charge in [0.25, 0.3) is 5.91 Å². The molecular formula is C22H29N3O3S. The molecule has 29 heavy (non-hydrogen) atoms. The van der Waals surface area contributed by atoms with Crippen LogP contribution < -0.4 is 4.72 Å². The number of hydrogen-bond acceptors (Lipinski definition) is 4. The second-order valence-electron chi connectivity index (χ2n) is 7.67. The standard InChI is InChI=1S/C22H29N3O3S/c1-18(2)23-29(27,28)21-10-6-9-20(17-21)22(26)25-15-13-24(14-16-25)12-11-19-7-4-3-5-8-19/h3-10,17-18,23H,11-16H2,1-2H3. The average molecular weight is 416 g/mol. The van der Waals surface area contributed by atoms with E-state index in [0.29, 0.717) is 18.7 Å². The van der Waals surface area contributed by atoms with E-state index in [-0.39, 0.29) is 16.8 Å². The van der Waals surface area contributed by atoms with E-state index < -0.39 is 10.0 Å². The lowest BCUT2D eigenvalue weighted by Gasteiger charge is -2.34. The molecule has 2 aromatic rings. The highest BCUT2D eigenvalue weighted by Crippen LogP contribution is 2.15. The van der Waals surface area contributed by atoms with Crippen LogP contribution in [0.1, 0.15) is 29.8 Å². The van der Waals surface area contributed by atoms with E-state index in [0.717, 1.165) is 26.1 Å². The molecule has 0 radical (unpaired) electrons. The molecule has 3 rings (SSSR count). The Morgan fingerprint density at radius 3 is 2.34 bits per heavy atom. The lowest BCUT2D eigenvalue weighted by Crippen LogP contribution is -2.49. The zero-order valence-corrected chi connectivity index (χ0v) is 17.9. The second-order valence-corrected chi connectivity index (χ2v) is 9.39. The number of carbonyl (C=O) groups excluding carboxylic acids is 1. The van der Waals surface area contributed by atoms with Crippen molar-refractivity contribution in [1.29, 1.82) is 0 Å². The van der Waals surface area contributed by atoms with E-state index in [4.69, 9.17) is 0 Å². The molecule has 7 heteroatoms. The van der Waals surface area contributed by atoms with Crippen molar-refractivity contribution in [1.82, 2.24) is 14.5 Å². The summed E-state index contributed by atoms with van der Waals surface area (Å²) in [6.07, 6.45) is 0.998. The molecule has 1 heterocycles. The molecule has 0 aliphatic carbocycles. The number of hydrogen-bond donors (Lipinski definition) is 1. The third kappa shape index (κ3) is 5.88. The van der Waals surface area contributed by atoms with Gasteiger partial charge in [-0.15, -0.1) is 0 Å². The summed E-state index contributed by atoms with van der Waals surface area (Å²) in [5.41, 5.74) is 1.73. The Bertz CT molecular complexity index is 921. The van der Waals surface area contributed by atoms with Gasteiger partial charge < -0.3 is 4.90 Å². The molecule has 6 nitrogen and oxygen atoms in total. The van der Waals surface area contributed by atoms with E-state index in [1.165, 1.54) is 17.7 Å². The van der Waals surface area contributed by atoms with Crippen molar-refractivity contribution in [2.24, 2.45) is 0 Å². The maximum atomic E-state index is 12.9. The fraction of sp³-hybridized carbons (Fsp3) is 0.409. The first-order chi connectivity index (χ1) is 13.8. The smallest absolute Gasteiger partial charge is 0.253 e. The zero-order valence-electron chi connectivity index (χ0n) is 17.0. The minimum absolute atomic E-state index is 0.116. The molecule has 1 saturated heterocycles. The molecule has 1 N–H and O–H groups in total. The van der Waals surface area contributed by atoms with Crippen LogP contribution >= 0.6 is 0 Å². The van der Waals surface area contributed by atoms with Crippen molar-refractivity contribution >= 4 is 15.9 Å². The zero-order chi connectivity index (χ0) is 20.9. The lowest BCUT2D eigenvalue weighted by molar-refractivity contribution is 0.0638. The van der Waals surface area contributed by atoms with Gasteiger partial charge in [-0.1, -0.05) is 36.4 Å². The van der Waals surface area contributed by atoms with Crippen LogP contribution in [-0.2, 0) is 16.4 Å². The minimum Gasteiger partial charge on any atom is -0.336 e. The van der Waals surface area contributed by atoms with E-state index in [9.17, 15) is 13.2 Å². The summed E-state index contributed by atoms with van der Waals surface area (Å²) in [5, 5.41) is 0. The highest BCUT2D eigenvalue weighted by Gasteiger charge is 2.23. The number of piperazine rings is 1. The summed E-state index contributed by atoms with van der Waals surface area (Å²) in [4.78, 5) is 17.2. The molecule has 0 saturated carbocycles. The summed E-state index contributed by atoms with van der Waals surface area (Å²) in [6.45, 7) is 7.45. The molecule has 0 aromatic heterocycles. The van der Waals surface area contributed by atoms with Crippen molar-refractivity contribution in [2.75, 3.05) is 32.7 Å². The van der Waals surface area contributed by atoms with Crippen LogP contribution in [-0.4, -0.2) is 62.9 Å². The van der Waals surface area contributed by atoms with Gasteiger partial charge >= 0.3 is 0 Å². The van der Waals surface area contributed by atoms with Crippen molar-refractivity contribution in [2.45, 2.75) is 31.2 Å². The lowest BCUT2D eigenvalue weighted by atomic mass is 10.1. The molecule has 0 spiro atoms. The van der Waals surface area contributed by atoms with Crippen LogP contribution in [0.5, 0.6) is 0 Å². The predicted octanol–water partition coefficient (Wildman–Crippen LogP) is 2.37. The molecule has 2 aromatic carbocycles. The van der Waals surface area contributed by atoms with Gasteiger partial charge in [0.1, 0.15) is 0 Å². The van der Waals surface area contributed by atoms with Crippen molar-refractivity contribution in [3.05, 3.63) is 65.7 Å². The van der Waals surface area contributed by atoms with Gasteiger partial charge in [0.05, 0.1) is 4.90 Å². The normalized spacial score (nSPS) is 15.6. The first-order valence-electron chi connectivity index (χ1n) is 10.0. The number of rotatable bonds is 7. The number of carbonyl (C=O) groups is 1. The molecule has 1 aliphatic rings. The van der Waals surface area contributed by atoms with Crippen LogP contribution in [0.3, 0.4) is 0 Å². The van der Waals surface area contributed by atoms with Gasteiger partial charge in [-0.3, -0.25) is 9.69 Å². The van der Waals surface area contributed by atoms with E-state index in [2.05, 4.69) is 33.9 Å². The summed E-state index contributed by atoms with van der Waals surface area (Å²) in [6, 6.07) is 16.5. The van der Waals surface area contributed by atoms with Crippen molar-refractivity contribution < 1.29 is 13.2 Å². The predicted molar refractivity (Wildman–Crippen MR) is 114 cm³/mol. The Kier molecular flexibility index (Phi) is 7.05. The average Bonchev–Trinajstić information content (AvgIpc) is 2.72. The fourth-order valence-electron chi connectivity index (χ4n) is 3.46. The molecule has 156 valence electrons. The number of benzene rings is 2. The van der Waals surface area contributed by atoms with E-state index >= 15 is 0 Å². The topological polar surface area (TPSA) is 69.7 Å². The maximum absolute atomic E-state index is 12.9. The van der Waals surface area contributed by atoms with Crippen LogP contribution in [0, 0.1) is 0 Å². The van der Waals surface area contributed by atoms with Crippen LogP contribution in [0.2, 0.25) is 0 Å². The van der Waals surface area contributed by atoms with Gasteiger partial charge in [-0.2, -0.15) is 0 Å². The van der Waals surface area contributed by atoms with Gasteiger partial charge in [-0.25, -0.2) is 13.1 Å². The minimum atomic E-state index is -3.62. The number of amides is 1. The Morgan fingerprint density at radius 2 is 1.69 bits per heavy atom. The van der Waals surface area contributed by atoms with Crippen LogP contribution in [0.4, 0.5) is 0 Å². The molecule has 0 unspecified atom stereocenters. The Labute approximate surface area is 173 Å². The van der Waals surface area contributed by atoms with E-state index in [1.54, 1.807) is 30.9 Å².